The molecule has 2 aromatic carbocycles. The Balaban J connectivity index is 1.37. The second-order valence-corrected chi connectivity index (χ2v) is 10.8. The van der Waals surface area contributed by atoms with Gasteiger partial charge in [-0.25, -0.2) is 13.4 Å². The molecule has 0 radical (unpaired) electrons. The van der Waals surface area contributed by atoms with E-state index < -0.39 is 10.0 Å². The van der Waals surface area contributed by atoms with Gasteiger partial charge in [0.2, 0.25) is 10.0 Å². The second-order valence-electron chi connectivity index (χ2n) is 7.96. The van der Waals surface area contributed by atoms with Crippen molar-refractivity contribution in [1.29, 1.82) is 0 Å². The van der Waals surface area contributed by atoms with Crippen molar-refractivity contribution < 1.29 is 8.42 Å². The van der Waals surface area contributed by atoms with Crippen molar-refractivity contribution in [2.75, 3.05) is 11.9 Å². The van der Waals surface area contributed by atoms with Gasteiger partial charge in [-0.15, -0.1) is 0 Å². The minimum absolute atomic E-state index is 0.151. The van der Waals surface area contributed by atoms with Gasteiger partial charge >= 0.3 is 0 Å². The van der Waals surface area contributed by atoms with Crippen molar-refractivity contribution in [1.82, 2.24) is 14.3 Å². The molecule has 0 saturated heterocycles. The number of anilines is 2. The van der Waals surface area contributed by atoms with Crippen molar-refractivity contribution >= 4 is 55.6 Å². The lowest BCUT2D eigenvalue weighted by molar-refractivity contribution is 0.390. The monoisotopic (exact) mass is 498 g/mol. The van der Waals surface area contributed by atoms with Crippen LogP contribution in [0.3, 0.4) is 0 Å². The highest BCUT2D eigenvalue weighted by atomic mass is 35.5. The van der Waals surface area contributed by atoms with E-state index in [1.165, 1.54) is 4.31 Å². The predicted octanol–water partition coefficient (Wildman–Crippen LogP) is 5.57. The number of sulfonamides is 1. The van der Waals surface area contributed by atoms with Gasteiger partial charge in [-0.05, 0) is 53.9 Å². The van der Waals surface area contributed by atoms with Gasteiger partial charge in [0.25, 0.3) is 0 Å². The molecular formula is C24H20Cl2N4O2S. The average Bonchev–Trinajstić information content (AvgIpc) is 2.78. The molecule has 1 aliphatic heterocycles. The van der Waals surface area contributed by atoms with Crippen LogP contribution in [0.4, 0.5) is 11.5 Å². The van der Waals surface area contributed by atoms with Crippen LogP contribution >= 0.6 is 23.2 Å². The molecule has 9 heteroatoms. The molecule has 0 fully saturated rings. The van der Waals surface area contributed by atoms with Crippen molar-refractivity contribution in [2.45, 2.75) is 18.7 Å². The number of hydrogen-bond donors (Lipinski definition) is 1. The number of para-hydroxylation sites is 1. The first-order valence-corrected chi connectivity index (χ1v) is 12.8. The van der Waals surface area contributed by atoms with Crippen molar-refractivity contribution in [3.63, 3.8) is 0 Å². The van der Waals surface area contributed by atoms with E-state index in [-0.39, 0.29) is 5.75 Å². The molecule has 0 unspecified atom stereocenters. The standard InChI is InChI=1S/C24H20Cl2N4O2S/c25-19-9-16(10-20(26)12-19)15-33(31,32)30-8-6-22-18(14-30)5-7-27-24(22)29-21-11-17-3-1-2-4-23(17)28-13-21/h1-5,7,9-13H,6,8,14-15H2,(H,27,29). The van der Waals surface area contributed by atoms with Crippen molar-refractivity contribution in [2.24, 2.45) is 0 Å². The summed E-state index contributed by atoms with van der Waals surface area (Å²) in [5.74, 6) is 0.574. The van der Waals surface area contributed by atoms with Crippen LogP contribution in [0.1, 0.15) is 16.7 Å². The van der Waals surface area contributed by atoms with Crippen LogP contribution in [0.5, 0.6) is 0 Å². The zero-order chi connectivity index (χ0) is 23.0. The number of nitrogens with one attached hydrogen (secondary N) is 1. The first-order valence-electron chi connectivity index (χ1n) is 10.4. The van der Waals surface area contributed by atoms with Gasteiger partial charge < -0.3 is 5.32 Å². The number of fused-ring (bicyclic) bond motifs is 2. The van der Waals surface area contributed by atoms with E-state index in [9.17, 15) is 8.42 Å². The summed E-state index contributed by atoms with van der Waals surface area (Å²) >= 11 is 12.1. The van der Waals surface area contributed by atoms with Crippen LogP contribution in [0.15, 0.2) is 67.0 Å². The number of benzene rings is 2. The van der Waals surface area contributed by atoms with Crippen LogP contribution in [0.25, 0.3) is 10.9 Å². The molecule has 33 heavy (non-hydrogen) atoms. The second kappa shape index (κ2) is 8.91. The normalized spacial score (nSPS) is 14.2. The summed E-state index contributed by atoms with van der Waals surface area (Å²) < 4.78 is 27.7. The summed E-state index contributed by atoms with van der Waals surface area (Å²) in [5.41, 5.74) is 4.28. The van der Waals surface area contributed by atoms with Crippen LogP contribution in [-0.4, -0.2) is 29.2 Å². The largest absolute Gasteiger partial charge is 0.339 e. The first kappa shape index (κ1) is 22.1. The maximum atomic E-state index is 13.1. The maximum Gasteiger partial charge on any atom is 0.218 e. The SMILES string of the molecule is O=S(=O)(Cc1cc(Cl)cc(Cl)c1)N1CCc2c(ccnc2Nc2cnc3ccccc3c2)C1. The van der Waals surface area contributed by atoms with Gasteiger partial charge in [0, 0.05) is 40.3 Å². The third-order valence-corrected chi connectivity index (χ3v) is 7.86. The Labute approximate surface area is 202 Å². The fourth-order valence-corrected chi connectivity index (χ4v) is 6.13. The highest BCUT2D eigenvalue weighted by Gasteiger charge is 2.28. The Morgan fingerprint density at radius 3 is 2.61 bits per heavy atom. The van der Waals surface area contributed by atoms with Crippen molar-refractivity contribution in [3.8, 4) is 0 Å². The lowest BCUT2D eigenvalue weighted by Crippen LogP contribution is -2.37. The molecule has 1 N–H and O–H groups in total. The number of aromatic nitrogens is 2. The minimum Gasteiger partial charge on any atom is -0.339 e. The van der Waals surface area contributed by atoms with Gasteiger partial charge in [0.15, 0.2) is 0 Å². The zero-order valence-electron chi connectivity index (χ0n) is 17.5. The summed E-state index contributed by atoms with van der Waals surface area (Å²) in [5, 5.41) is 5.23. The van der Waals surface area contributed by atoms with Crippen molar-refractivity contribution in [3.05, 3.63) is 93.7 Å². The van der Waals surface area contributed by atoms with Crippen LogP contribution in [0.2, 0.25) is 10.0 Å². The van der Waals surface area contributed by atoms with Gasteiger partial charge in [-0.2, -0.15) is 4.31 Å². The smallest absolute Gasteiger partial charge is 0.218 e. The Hall–Kier alpha value is -2.71. The Bertz CT molecular complexity index is 1440. The first-order chi connectivity index (χ1) is 15.9. The predicted molar refractivity (Wildman–Crippen MR) is 132 cm³/mol. The molecule has 0 spiro atoms. The van der Waals surface area contributed by atoms with Crippen LogP contribution < -0.4 is 5.32 Å². The molecule has 0 atom stereocenters. The van der Waals surface area contributed by atoms with E-state index in [1.807, 2.05) is 36.4 Å². The molecule has 0 aliphatic carbocycles. The summed E-state index contributed by atoms with van der Waals surface area (Å²) in [6, 6.07) is 16.7. The van der Waals surface area contributed by atoms with Gasteiger partial charge in [-0.3, -0.25) is 4.98 Å². The Kier molecular flexibility index (Phi) is 5.97. The third-order valence-electron chi connectivity index (χ3n) is 5.63. The van der Waals surface area contributed by atoms with E-state index >= 15 is 0 Å². The number of pyridine rings is 2. The highest BCUT2D eigenvalue weighted by Crippen LogP contribution is 2.30. The molecule has 5 rings (SSSR count). The minimum atomic E-state index is -3.54. The molecule has 4 aromatic rings. The average molecular weight is 499 g/mol. The van der Waals surface area contributed by atoms with E-state index in [0.717, 1.165) is 33.5 Å². The fourth-order valence-electron chi connectivity index (χ4n) is 4.08. The summed E-state index contributed by atoms with van der Waals surface area (Å²) in [7, 11) is -3.54. The molecule has 6 nitrogen and oxygen atoms in total. The van der Waals surface area contributed by atoms with Gasteiger partial charge in [-0.1, -0.05) is 41.4 Å². The molecule has 1 aliphatic rings. The van der Waals surface area contributed by atoms with Gasteiger partial charge in [0.1, 0.15) is 5.82 Å². The lowest BCUT2D eigenvalue weighted by Gasteiger charge is -2.29. The molecule has 2 aromatic heterocycles. The van der Waals surface area contributed by atoms with Gasteiger partial charge in [0.05, 0.1) is 23.2 Å². The number of halogens is 2. The van der Waals surface area contributed by atoms with E-state index in [0.29, 0.717) is 35.1 Å². The molecule has 0 amide bonds. The molecular weight excluding hydrogens is 479 g/mol. The number of rotatable bonds is 5. The molecule has 0 bridgehead atoms. The topological polar surface area (TPSA) is 75.2 Å². The zero-order valence-corrected chi connectivity index (χ0v) is 19.8. The fraction of sp³-hybridized carbons (Fsp3) is 0.167. The highest BCUT2D eigenvalue weighted by molar-refractivity contribution is 7.88. The maximum absolute atomic E-state index is 13.1. The van der Waals surface area contributed by atoms with Crippen LogP contribution in [-0.2, 0) is 28.7 Å². The molecule has 168 valence electrons. The summed E-state index contributed by atoms with van der Waals surface area (Å²) in [6.45, 7) is 0.666. The summed E-state index contributed by atoms with van der Waals surface area (Å²) in [6.07, 6.45) is 4.03. The van der Waals surface area contributed by atoms with E-state index in [4.69, 9.17) is 23.2 Å². The third kappa shape index (κ3) is 4.82. The van der Waals surface area contributed by atoms with E-state index in [1.54, 1.807) is 30.6 Å². The number of hydrogen-bond acceptors (Lipinski definition) is 5. The molecule has 3 heterocycles. The number of nitrogens with zero attached hydrogens (tertiary/aromatic N) is 3. The summed E-state index contributed by atoms with van der Waals surface area (Å²) in [4.78, 5) is 8.99. The van der Waals surface area contributed by atoms with E-state index in [2.05, 4.69) is 15.3 Å². The van der Waals surface area contributed by atoms with Crippen LogP contribution in [0, 0.1) is 0 Å². The Morgan fingerprint density at radius 2 is 1.79 bits per heavy atom. The quantitative estimate of drug-likeness (QED) is 0.389. The molecule has 0 saturated carbocycles. The lowest BCUT2D eigenvalue weighted by atomic mass is 10.0. The Morgan fingerprint density at radius 1 is 1.00 bits per heavy atom.